The van der Waals surface area contributed by atoms with Crippen LogP contribution in [0.1, 0.15) is 43.6 Å². The molecule has 1 saturated heterocycles. The van der Waals surface area contributed by atoms with E-state index in [-0.39, 0.29) is 17.9 Å². The number of nitriles is 1. The molecule has 2 amide bonds. The molecule has 0 bridgehead atoms. The topological polar surface area (TPSA) is 126 Å². The molecule has 9 nitrogen and oxygen atoms in total. The van der Waals surface area contributed by atoms with Crippen molar-refractivity contribution in [1.82, 2.24) is 14.7 Å². The second kappa shape index (κ2) is 8.63. The molecule has 0 spiro atoms. The lowest BCUT2D eigenvalue weighted by atomic mass is 9.93. The number of likely N-dealkylation sites (tertiary alicyclic amines) is 1. The number of nitrogens with one attached hydrogen (secondary N) is 1. The molecule has 164 valence electrons. The Morgan fingerprint density at radius 1 is 1.32 bits per heavy atom. The number of benzene rings is 1. The van der Waals surface area contributed by atoms with E-state index in [2.05, 4.69) is 16.5 Å². The van der Waals surface area contributed by atoms with Crippen molar-refractivity contribution in [2.24, 2.45) is 11.7 Å². The third kappa shape index (κ3) is 5.31. The second-order valence-corrected chi connectivity index (χ2v) is 8.39. The number of anilines is 2. The van der Waals surface area contributed by atoms with Gasteiger partial charge >= 0.3 is 6.09 Å². The zero-order valence-corrected chi connectivity index (χ0v) is 17.6. The van der Waals surface area contributed by atoms with Crippen LogP contribution < -0.4 is 11.1 Å². The quantitative estimate of drug-likeness (QED) is 0.770. The number of hydrogen-bond acceptors (Lipinski definition) is 6. The predicted molar refractivity (Wildman–Crippen MR) is 111 cm³/mol. The van der Waals surface area contributed by atoms with E-state index >= 15 is 0 Å². The van der Waals surface area contributed by atoms with Crippen LogP contribution in [0.25, 0.3) is 0 Å². The van der Waals surface area contributed by atoms with Gasteiger partial charge in [-0.05, 0) is 51.5 Å². The largest absolute Gasteiger partial charge is 0.444 e. The van der Waals surface area contributed by atoms with Gasteiger partial charge in [-0.2, -0.15) is 10.4 Å². The van der Waals surface area contributed by atoms with Gasteiger partial charge in [-0.3, -0.25) is 9.48 Å². The van der Waals surface area contributed by atoms with Crippen LogP contribution in [0.2, 0.25) is 0 Å². The highest BCUT2D eigenvalue weighted by Crippen LogP contribution is 2.30. The van der Waals surface area contributed by atoms with Crippen molar-refractivity contribution in [2.75, 3.05) is 18.4 Å². The van der Waals surface area contributed by atoms with E-state index in [1.54, 1.807) is 20.8 Å². The number of nitrogens with two attached hydrogens (primary N) is 1. The molecule has 1 aromatic carbocycles. The fraction of sp³-hybridized carbons (Fsp3) is 0.429. The van der Waals surface area contributed by atoms with Gasteiger partial charge < -0.3 is 20.7 Å². The summed E-state index contributed by atoms with van der Waals surface area (Å²) in [5, 5.41) is 17.0. The van der Waals surface area contributed by atoms with Crippen molar-refractivity contribution in [3.05, 3.63) is 41.8 Å². The zero-order chi connectivity index (χ0) is 22.8. The number of nitrogens with zero attached hydrogens (tertiary/aromatic N) is 4. The Bertz CT molecular complexity index is 1010. The molecule has 0 radical (unpaired) electrons. The van der Waals surface area contributed by atoms with E-state index in [1.807, 2.05) is 0 Å². The fourth-order valence-electron chi connectivity index (χ4n) is 3.35. The van der Waals surface area contributed by atoms with Crippen LogP contribution in [0.15, 0.2) is 30.5 Å². The summed E-state index contributed by atoms with van der Waals surface area (Å²) in [6, 6.07) is 7.31. The van der Waals surface area contributed by atoms with E-state index in [9.17, 15) is 19.2 Å². The lowest BCUT2D eigenvalue weighted by Gasteiger charge is -2.36. The molecule has 2 unspecified atom stereocenters. The maximum atomic E-state index is 13.2. The molecule has 1 aliphatic rings. The van der Waals surface area contributed by atoms with Crippen LogP contribution in [-0.4, -0.2) is 45.4 Å². The number of halogens is 1. The van der Waals surface area contributed by atoms with E-state index < -0.39 is 35.4 Å². The van der Waals surface area contributed by atoms with Crippen LogP contribution >= 0.6 is 0 Å². The summed E-state index contributed by atoms with van der Waals surface area (Å²) in [7, 11) is 0. The van der Waals surface area contributed by atoms with Gasteiger partial charge in [0.25, 0.3) is 5.91 Å². The van der Waals surface area contributed by atoms with Crippen molar-refractivity contribution in [3.63, 3.8) is 0 Å². The first-order chi connectivity index (χ1) is 14.6. The van der Waals surface area contributed by atoms with Gasteiger partial charge in [0.05, 0.1) is 18.0 Å². The Kier molecular flexibility index (Phi) is 6.15. The third-order valence-electron chi connectivity index (χ3n) is 4.84. The van der Waals surface area contributed by atoms with Gasteiger partial charge in [0.2, 0.25) is 0 Å². The number of piperidine rings is 1. The number of aromatic nitrogens is 2. The van der Waals surface area contributed by atoms with Crippen molar-refractivity contribution in [1.29, 1.82) is 5.26 Å². The highest BCUT2D eigenvalue weighted by atomic mass is 19.1. The van der Waals surface area contributed by atoms with Crippen LogP contribution in [0.3, 0.4) is 0 Å². The van der Waals surface area contributed by atoms with E-state index in [1.165, 1.54) is 40.0 Å². The summed E-state index contributed by atoms with van der Waals surface area (Å²) in [5.41, 5.74) is 5.50. The molecule has 2 aromatic rings. The second-order valence-electron chi connectivity index (χ2n) is 8.39. The van der Waals surface area contributed by atoms with Crippen LogP contribution in [0, 0.1) is 23.1 Å². The van der Waals surface area contributed by atoms with Gasteiger partial charge in [0.1, 0.15) is 17.0 Å². The molecular formula is C21H25FN6O3. The van der Waals surface area contributed by atoms with Crippen LogP contribution in [-0.2, 0) is 4.74 Å². The molecule has 3 N–H and O–H groups in total. The van der Waals surface area contributed by atoms with Gasteiger partial charge in [-0.25, -0.2) is 9.18 Å². The normalized spacial score (nSPS) is 18.9. The predicted octanol–water partition coefficient (Wildman–Crippen LogP) is 3.19. The van der Waals surface area contributed by atoms with E-state index in [0.29, 0.717) is 18.7 Å². The molecule has 0 aliphatic carbocycles. The summed E-state index contributed by atoms with van der Waals surface area (Å²) in [6.07, 6.45) is 1.43. The lowest BCUT2D eigenvalue weighted by Crippen LogP contribution is -2.46. The number of carbonyl (C=O) groups is 2. The summed E-state index contributed by atoms with van der Waals surface area (Å²) in [6.45, 7) is 5.93. The minimum Gasteiger partial charge on any atom is -0.444 e. The standard InChI is InChI=1S/C21H25FN6O3/c1-21(2,3)31-20(30)27-9-8-13(10-23)17(12-27)28-11-16(18(24)29)19(26-28)25-15-6-4-14(22)5-7-15/h4-7,11,13,17H,8-9,12H2,1-3H3,(H2,24,29)(H,25,26). The Labute approximate surface area is 179 Å². The number of hydrogen-bond donors (Lipinski definition) is 2. The minimum absolute atomic E-state index is 0.121. The molecule has 1 aliphatic heterocycles. The van der Waals surface area contributed by atoms with Gasteiger partial charge in [0, 0.05) is 25.0 Å². The van der Waals surface area contributed by atoms with Crippen LogP contribution in [0.5, 0.6) is 0 Å². The molecule has 1 fully saturated rings. The first-order valence-corrected chi connectivity index (χ1v) is 9.86. The first kappa shape index (κ1) is 22.1. The van der Waals surface area contributed by atoms with Crippen molar-refractivity contribution in [2.45, 2.75) is 38.8 Å². The third-order valence-corrected chi connectivity index (χ3v) is 4.84. The van der Waals surface area contributed by atoms with E-state index in [4.69, 9.17) is 10.5 Å². The van der Waals surface area contributed by atoms with Crippen LogP contribution in [0.4, 0.5) is 20.7 Å². The van der Waals surface area contributed by atoms with E-state index in [0.717, 1.165) is 0 Å². The minimum atomic E-state index is -0.704. The van der Waals surface area contributed by atoms with Crippen molar-refractivity contribution in [3.8, 4) is 6.07 Å². The SMILES string of the molecule is CC(C)(C)OC(=O)N1CCC(C#N)C(n2cc(C(N)=O)c(Nc3ccc(F)cc3)n2)C1. The van der Waals surface area contributed by atoms with Gasteiger partial charge in [-0.15, -0.1) is 0 Å². The molecule has 0 saturated carbocycles. The average Bonchev–Trinajstić information content (AvgIpc) is 3.12. The average molecular weight is 428 g/mol. The maximum absolute atomic E-state index is 13.2. The molecule has 1 aromatic heterocycles. The highest BCUT2D eigenvalue weighted by Gasteiger charge is 2.36. The summed E-state index contributed by atoms with van der Waals surface area (Å²) >= 11 is 0. The number of ether oxygens (including phenoxy) is 1. The molecule has 31 heavy (non-hydrogen) atoms. The monoisotopic (exact) mass is 428 g/mol. The Morgan fingerprint density at radius 2 is 2.00 bits per heavy atom. The Hall–Kier alpha value is -3.61. The Balaban J connectivity index is 1.88. The number of amides is 2. The Morgan fingerprint density at radius 3 is 2.58 bits per heavy atom. The molecule has 3 rings (SSSR count). The number of primary amides is 1. The fourth-order valence-corrected chi connectivity index (χ4v) is 3.35. The number of rotatable bonds is 4. The molecule has 10 heteroatoms. The van der Waals surface area contributed by atoms with Crippen molar-refractivity contribution < 1.29 is 18.7 Å². The highest BCUT2D eigenvalue weighted by molar-refractivity contribution is 5.98. The molecule has 2 atom stereocenters. The van der Waals surface area contributed by atoms with Gasteiger partial charge in [0.15, 0.2) is 5.82 Å². The molecular weight excluding hydrogens is 403 g/mol. The smallest absolute Gasteiger partial charge is 0.410 e. The molecule has 2 heterocycles. The first-order valence-electron chi connectivity index (χ1n) is 9.86. The lowest BCUT2D eigenvalue weighted by molar-refractivity contribution is 0.0135. The maximum Gasteiger partial charge on any atom is 0.410 e. The van der Waals surface area contributed by atoms with Gasteiger partial charge in [-0.1, -0.05) is 0 Å². The zero-order valence-electron chi connectivity index (χ0n) is 17.6. The van der Waals surface area contributed by atoms with Crippen molar-refractivity contribution >= 4 is 23.5 Å². The summed E-state index contributed by atoms with van der Waals surface area (Å²) in [4.78, 5) is 26.0. The summed E-state index contributed by atoms with van der Waals surface area (Å²) < 4.78 is 20.1. The summed E-state index contributed by atoms with van der Waals surface area (Å²) in [5.74, 6) is -1.33. The number of carbonyl (C=O) groups excluding carboxylic acids is 2.